The lowest BCUT2D eigenvalue weighted by Gasteiger charge is -2.23. The molecule has 1 aliphatic heterocycles. The number of nitrogens with one attached hydrogen (secondary N) is 1. The molecule has 1 aliphatic rings. The van der Waals surface area contributed by atoms with Crippen molar-refractivity contribution in [3.8, 4) is 0 Å². The molecule has 2 heterocycles. The number of carbonyl (C=O) groups excluding carboxylic acids is 2. The SMILES string of the molecule is CN(C)CCN1Cc2c(ccc3[nH]nc(C(N)=O)c23)C[CH]C1=O. The maximum atomic E-state index is 12.3. The summed E-state index contributed by atoms with van der Waals surface area (Å²) < 4.78 is 0. The summed E-state index contributed by atoms with van der Waals surface area (Å²) in [7, 11) is 3.94. The van der Waals surface area contributed by atoms with E-state index in [4.69, 9.17) is 5.73 Å². The molecule has 1 radical (unpaired) electrons. The number of primary amides is 1. The smallest absolute Gasteiger partial charge is 0.269 e. The maximum Gasteiger partial charge on any atom is 0.269 e. The van der Waals surface area contributed by atoms with E-state index in [-0.39, 0.29) is 11.6 Å². The second-order valence-corrected chi connectivity index (χ2v) is 6.03. The Bertz CT molecular complexity index is 765. The number of amides is 2. The summed E-state index contributed by atoms with van der Waals surface area (Å²) in [6, 6.07) is 3.85. The van der Waals surface area contributed by atoms with Crippen molar-refractivity contribution in [1.29, 1.82) is 0 Å². The van der Waals surface area contributed by atoms with E-state index >= 15 is 0 Å². The number of aromatic amines is 1. The van der Waals surface area contributed by atoms with Gasteiger partial charge in [0.1, 0.15) is 0 Å². The molecule has 7 heteroatoms. The fraction of sp³-hybridized carbons (Fsp3) is 0.375. The molecule has 1 aromatic carbocycles. The molecule has 3 rings (SSSR count). The summed E-state index contributed by atoms with van der Waals surface area (Å²) >= 11 is 0. The Morgan fingerprint density at radius 1 is 1.43 bits per heavy atom. The Morgan fingerprint density at radius 3 is 2.91 bits per heavy atom. The third-order valence-corrected chi connectivity index (χ3v) is 4.14. The van der Waals surface area contributed by atoms with Crippen molar-refractivity contribution in [1.82, 2.24) is 20.0 Å². The van der Waals surface area contributed by atoms with Crippen LogP contribution in [0.4, 0.5) is 0 Å². The van der Waals surface area contributed by atoms with E-state index in [1.54, 1.807) is 11.3 Å². The molecule has 0 unspecified atom stereocenters. The van der Waals surface area contributed by atoms with Crippen molar-refractivity contribution < 1.29 is 9.59 Å². The largest absolute Gasteiger partial charge is 0.364 e. The van der Waals surface area contributed by atoms with Gasteiger partial charge in [0.25, 0.3) is 5.91 Å². The third kappa shape index (κ3) is 2.92. The summed E-state index contributed by atoms with van der Waals surface area (Å²) in [6.07, 6.45) is 2.24. The van der Waals surface area contributed by atoms with Crippen molar-refractivity contribution in [3.05, 3.63) is 35.4 Å². The van der Waals surface area contributed by atoms with Crippen molar-refractivity contribution in [3.63, 3.8) is 0 Å². The van der Waals surface area contributed by atoms with Crippen molar-refractivity contribution in [2.45, 2.75) is 13.0 Å². The van der Waals surface area contributed by atoms with Crippen LogP contribution in [0.5, 0.6) is 0 Å². The Hall–Kier alpha value is -2.41. The highest BCUT2D eigenvalue weighted by Gasteiger charge is 2.25. The minimum absolute atomic E-state index is 0.0142. The van der Waals surface area contributed by atoms with Crippen LogP contribution in [-0.2, 0) is 17.8 Å². The van der Waals surface area contributed by atoms with Crippen LogP contribution in [0.2, 0.25) is 0 Å². The molecule has 1 aromatic heterocycles. The Morgan fingerprint density at radius 2 is 2.22 bits per heavy atom. The molecule has 7 nitrogen and oxygen atoms in total. The van der Waals surface area contributed by atoms with Gasteiger partial charge in [0.2, 0.25) is 5.91 Å². The van der Waals surface area contributed by atoms with Crippen LogP contribution in [0, 0.1) is 6.42 Å². The standard InChI is InChI=1S/C16H20N5O2/c1-20(2)7-8-21-9-11-10(4-6-13(21)22)3-5-12-14(11)15(16(17)23)19-18-12/h3,5-6H,4,7-9H2,1-2H3,(H2,17,23)(H,18,19). The molecule has 0 spiro atoms. The van der Waals surface area contributed by atoms with Crippen LogP contribution >= 0.6 is 0 Å². The molecule has 121 valence electrons. The average Bonchev–Trinajstić information content (AvgIpc) is 2.86. The Balaban J connectivity index is 2.05. The van der Waals surface area contributed by atoms with Crippen molar-refractivity contribution in [2.24, 2.45) is 5.73 Å². The van der Waals surface area contributed by atoms with Gasteiger partial charge in [-0.3, -0.25) is 14.7 Å². The first-order valence-corrected chi connectivity index (χ1v) is 7.53. The quantitative estimate of drug-likeness (QED) is 0.849. The van der Waals surface area contributed by atoms with Crippen LogP contribution in [0.1, 0.15) is 21.6 Å². The number of nitrogens with zero attached hydrogens (tertiary/aromatic N) is 3. The van der Waals surface area contributed by atoms with Crippen LogP contribution in [-0.4, -0.2) is 59.0 Å². The van der Waals surface area contributed by atoms with E-state index in [0.29, 0.717) is 19.5 Å². The van der Waals surface area contributed by atoms with Gasteiger partial charge in [0, 0.05) is 25.0 Å². The maximum absolute atomic E-state index is 12.3. The highest BCUT2D eigenvalue weighted by Crippen LogP contribution is 2.28. The number of rotatable bonds is 4. The number of benzene rings is 1. The molecule has 0 bridgehead atoms. The zero-order chi connectivity index (χ0) is 16.6. The van der Waals surface area contributed by atoms with Crippen LogP contribution < -0.4 is 5.73 Å². The molecule has 23 heavy (non-hydrogen) atoms. The minimum atomic E-state index is -0.566. The minimum Gasteiger partial charge on any atom is -0.364 e. The van der Waals surface area contributed by atoms with E-state index in [0.717, 1.165) is 28.6 Å². The summed E-state index contributed by atoms with van der Waals surface area (Å²) in [5, 5.41) is 7.60. The highest BCUT2D eigenvalue weighted by molar-refractivity contribution is 6.05. The topological polar surface area (TPSA) is 95.3 Å². The lowest BCUT2D eigenvalue weighted by Crippen LogP contribution is -2.35. The number of hydrogen-bond acceptors (Lipinski definition) is 4. The fourth-order valence-corrected chi connectivity index (χ4v) is 2.88. The van der Waals surface area contributed by atoms with Gasteiger partial charge in [0.05, 0.1) is 11.9 Å². The monoisotopic (exact) mass is 314 g/mol. The van der Waals surface area contributed by atoms with Crippen molar-refractivity contribution in [2.75, 3.05) is 27.2 Å². The number of carbonyl (C=O) groups is 2. The molecule has 0 atom stereocenters. The van der Waals surface area contributed by atoms with E-state index in [9.17, 15) is 9.59 Å². The highest BCUT2D eigenvalue weighted by atomic mass is 16.2. The van der Waals surface area contributed by atoms with Crippen LogP contribution in [0.3, 0.4) is 0 Å². The van der Waals surface area contributed by atoms with E-state index in [1.165, 1.54) is 0 Å². The van der Waals surface area contributed by atoms with Gasteiger partial charge in [-0.1, -0.05) is 6.07 Å². The van der Waals surface area contributed by atoms with Gasteiger partial charge in [-0.05, 0) is 37.7 Å². The van der Waals surface area contributed by atoms with E-state index < -0.39 is 5.91 Å². The Labute approximate surface area is 134 Å². The van der Waals surface area contributed by atoms with E-state index in [1.807, 2.05) is 31.1 Å². The number of fused-ring (bicyclic) bond motifs is 3. The molecule has 0 saturated carbocycles. The lowest BCUT2D eigenvalue weighted by atomic mass is 9.98. The molecule has 0 saturated heterocycles. The molecule has 0 aliphatic carbocycles. The summed E-state index contributed by atoms with van der Waals surface area (Å²) in [5.74, 6) is -0.552. The van der Waals surface area contributed by atoms with Gasteiger partial charge >= 0.3 is 0 Å². The first-order valence-electron chi connectivity index (χ1n) is 7.53. The first kappa shape index (κ1) is 15.5. The summed E-state index contributed by atoms with van der Waals surface area (Å²) in [5.41, 5.74) is 8.42. The molecular formula is C16H20N5O2. The fourth-order valence-electron chi connectivity index (χ4n) is 2.88. The molecule has 2 aromatic rings. The third-order valence-electron chi connectivity index (χ3n) is 4.14. The van der Waals surface area contributed by atoms with E-state index in [2.05, 4.69) is 10.2 Å². The van der Waals surface area contributed by atoms with Crippen LogP contribution in [0.15, 0.2) is 12.1 Å². The molecule has 2 amide bonds. The number of hydrogen-bond donors (Lipinski definition) is 2. The second kappa shape index (κ2) is 6.00. The normalized spacial score (nSPS) is 15.1. The molecule has 3 N–H and O–H groups in total. The zero-order valence-electron chi connectivity index (χ0n) is 13.3. The zero-order valence-corrected chi connectivity index (χ0v) is 13.3. The van der Waals surface area contributed by atoms with Gasteiger partial charge in [-0.15, -0.1) is 0 Å². The summed E-state index contributed by atoms with van der Waals surface area (Å²) in [4.78, 5) is 27.8. The second-order valence-electron chi connectivity index (χ2n) is 6.03. The average molecular weight is 314 g/mol. The summed E-state index contributed by atoms with van der Waals surface area (Å²) in [6.45, 7) is 1.86. The number of H-pyrrole nitrogens is 1. The predicted octanol–water partition coefficient (Wildman–Crippen LogP) is 0.312. The molecule has 0 fully saturated rings. The Kier molecular flexibility index (Phi) is 4.04. The van der Waals surface area contributed by atoms with Crippen LogP contribution in [0.25, 0.3) is 10.9 Å². The number of nitrogens with two attached hydrogens (primary N) is 1. The first-order chi connectivity index (χ1) is 11.0. The molecular weight excluding hydrogens is 294 g/mol. The van der Waals surface area contributed by atoms with Gasteiger partial charge in [-0.25, -0.2) is 0 Å². The number of aromatic nitrogens is 2. The lowest BCUT2D eigenvalue weighted by molar-refractivity contribution is -0.128. The van der Waals surface area contributed by atoms with Gasteiger partial charge < -0.3 is 15.5 Å². The van der Waals surface area contributed by atoms with Gasteiger partial charge in [-0.2, -0.15) is 5.10 Å². The number of likely N-dealkylation sites (N-methyl/N-ethyl adjacent to an activating group) is 1. The van der Waals surface area contributed by atoms with Gasteiger partial charge in [0.15, 0.2) is 5.69 Å². The van der Waals surface area contributed by atoms with Crippen molar-refractivity contribution >= 4 is 22.7 Å². The predicted molar refractivity (Wildman–Crippen MR) is 86.6 cm³/mol.